The molecular formula is C14H19BrClN3. The van der Waals surface area contributed by atoms with E-state index in [0.29, 0.717) is 11.1 Å². The van der Waals surface area contributed by atoms with Gasteiger partial charge in [-0.25, -0.2) is 4.98 Å². The van der Waals surface area contributed by atoms with E-state index in [4.69, 9.17) is 11.6 Å². The first kappa shape index (κ1) is 13.7. The first-order valence-electron chi connectivity index (χ1n) is 7.02. The molecule has 2 fully saturated rings. The fraction of sp³-hybridized carbons (Fsp3) is 0.643. The van der Waals surface area contributed by atoms with Gasteiger partial charge in [-0.1, -0.05) is 11.6 Å². The number of nitrogens with zero attached hydrogens (tertiary/aromatic N) is 2. The molecule has 0 spiro atoms. The lowest BCUT2D eigenvalue weighted by molar-refractivity contribution is 0.566. The van der Waals surface area contributed by atoms with Crippen molar-refractivity contribution in [2.75, 3.05) is 24.5 Å². The average molecular weight is 345 g/mol. The van der Waals surface area contributed by atoms with E-state index in [-0.39, 0.29) is 0 Å². The van der Waals surface area contributed by atoms with Gasteiger partial charge in [0.05, 0.1) is 9.50 Å². The van der Waals surface area contributed by atoms with Crippen molar-refractivity contribution >= 4 is 33.3 Å². The molecule has 1 unspecified atom stereocenters. The van der Waals surface area contributed by atoms with Gasteiger partial charge >= 0.3 is 0 Å². The largest absolute Gasteiger partial charge is 0.354 e. The van der Waals surface area contributed by atoms with E-state index in [2.05, 4.69) is 31.1 Å². The van der Waals surface area contributed by atoms with Crippen LogP contribution in [0.25, 0.3) is 0 Å². The predicted molar refractivity (Wildman–Crippen MR) is 82.9 cm³/mol. The maximum Gasteiger partial charge on any atom is 0.143 e. The summed E-state index contributed by atoms with van der Waals surface area (Å²) in [5.74, 6) is 1.88. The third-order valence-electron chi connectivity index (χ3n) is 3.87. The zero-order valence-corrected chi connectivity index (χ0v) is 13.3. The van der Waals surface area contributed by atoms with Crippen LogP contribution in [0, 0.1) is 5.92 Å². The molecule has 1 aliphatic heterocycles. The Labute approximate surface area is 127 Å². The van der Waals surface area contributed by atoms with Gasteiger partial charge in [0.25, 0.3) is 0 Å². The Bertz CT molecular complexity index is 444. The molecule has 3 nitrogen and oxygen atoms in total. The molecule has 0 aromatic carbocycles. The number of hydrogen-bond donors (Lipinski definition) is 1. The van der Waals surface area contributed by atoms with Gasteiger partial charge in [-0.05, 0) is 60.1 Å². The number of hydrogen-bond acceptors (Lipinski definition) is 3. The molecule has 1 aromatic heterocycles. The third-order valence-corrected chi connectivity index (χ3v) is 4.66. The Morgan fingerprint density at radius 1 is 1.37 bits per heavy atom. The molecule has 3 rings (SSSR count). The summed E-state index contributed by atoms with van der Waals surface area (Å²) in [5.41, 5.74) is 0. The van der Waals surface area contributed by atoms with E-state index in [0.717, 1.165) is 35.8 Å². The normalized spacial score (nSPS) is 22.7. The summed E-state index contributed by atoms with van der Waals surface area (Å²) in [6.45, 7) is 3.31. The molecule has 19 heavy (non-hydrogen) atoms. The molecule has 1 saturated carbocycles. The van der Waals surface area contributed by atoms with Gasteiger partial charge in [0.1, 0.15) is 5.82 Å². The molecule has 0 amide bonds. The highest BCUT2D eigenvalue weighted by Crippen LogP contribution is 2.34. The van der Waals surface area contributed by atoms with Gasteiger partial charge < -0.3 is 10.2 Å². The number of halogens is 2. The summed E-state index contributed by atoms with van der Waals surface area (Å²) in [6, 6.07) is 2.54. The van der Waals surface area contributed by atoms with Gasteiger partial charge in [0.15, 0.2) is 0 Å². The maximum atomic E-state index is 5.99. The van der Waals surface area contributed by atoms with Crippen LogP contribution in [-0.2, 0) is 0 Å². The van der Waals surface area contributed by atoms with Crippen molar-refractivity contribution in [3.63, 3.8) is 0 Å². The lowest BCUT2D eigenvalue weighted by Gasteiger charge is -2.27. The number of anilines is 1. The van der Waals surface area contributed by atoms with Crippen molar-refractivity contribution in [2.45, 2.75) is 31.7 Å². The zero-order valence-electron chi connectivity index (χ0n) is 10.9. The van der Waals surface area contributed by atoms with Crippen molar-refractivity contribution in [1.82, 2.24) is 10.3 Å². The number of pyridine rings is 1. The molecule has 1 aromatic rings. The van der Waals surface area contributed by atoms with E-state index in [1.807, 2.05) is 6.07 Å². The molecule has 0 radical (unpaired) electrons. The molecule has 1 saturated heterocycles. The van der Waals surface area contributed by atoms with Crippen molar-refractivity contribution in [2.24, 2.45) is 5.92 Å². The van der Waals surface area contributed by atoms with Crippen molar-refractivity contribution in [3.05, 3.63) is 21.8 Å². The second-order valence-electron chi connectivity index (χ2n) is 5.60. The van der Waals surface area contributed by atoms with Crippen LogP contribution in [0.5, 0.6) is 0 Å². The fourth-order valence-corrected chi connectivity index (χ4v) is 3.57. The van der Waals surface area contributed by atoms with Crippen molar-refractivity contribution < 1.29 is 0 Å². The highest BCUT2D eigenvalue weighted by molar-refractivity contribution is 9.10. The topological polar surface area (TPSA) is 28.2 Å². The van der Waals surface area contributed by atoms with Crippen LogP contribution in [-0.4, -0.2) is 30.7 Å². The van der Waals surface area contributed by atoms with E-state index in [9.17, 15) is 0 Å². The quantitative estimate of drug-likeness (QED) is 0.886. The molecular weight excluding hydrogens is 326 g/mol. The van der Waals surface area contributed by atoms with Gasteiger partial charge in [-0.2, -0.15) is 0 Å². The lowest BCUT2D eigenvalue weighted by Crippen LogP contribution is -2.39. The first-order valence-corrected chi connectivity index (χ1v) is 8.19. The van der Waals surface area contributed by atoms with Gasteiger partial charge in [0, 0.05) is 25.3 Å². The minimum Gasteiger partial charge on any atom is -0.354 e. The maximum absolute atomic E-state index is 5.99. The molecule has 1 aliphatic carbocycles. The second-order valence-corrected chi connectivity index (χ2v) is 6.89. The predicted octanol–water partition coefficient (Wildman–Crippen LogP) is 3.47. The third kappa shape index (κ3) is 3.61. The Hall–Kier alpha value is -0.320. The highest BCUT2D eigenvalue weighted by atomic mass is 79.9. The van der Waals surface area contributed by atoms with E-state index >= 15 is 0 Å². The minimum absolute atomic E-state index is 0.600. The van der Waals surface area contributed by atoms with Crippen LogP contribution in [0.1, 0.15) is 25.7 Å². The van der Waals surface area contributed by atoms with E-state index in [1.54, 1.807) is 6.20 Å². The first-order chi connectivity index (χ1) is 9.22. The SMILES string of the molecule is Clc1cnc(N(CC2CC2)CC2CCCN2)c(Br)c1. The average Bonchev–Trinajstić information content (AvgIpc) is 3.03. The Balaban J connectivity index is 1.75. The summed E-state index contributed by atoms with van der Waals surface area (Å²) in [6.07, 6.45) is 7.02. The Kier molecular flexibility index (Phi) is 4.30. The number of rotatable bonds is 5. The van der Waals surface area contributed by atoms with Crippen LogP contribution in [0.4, 0.5) is 5.82 Å². The minimum atomic E-state index is 0.600. The summed E-state index contributed by atoms with van der Waals surface area (Å²) in [5, 5.41) is 4.25. The molecule has 0 bridgehead atoms. The van der Waals surface area contributed by atoms with Gasteiger partial charge in [-0.15, -0.1) is 0 Å². The fourth-order valence-electron chi connectivity index (χ4n) is 2.68. The van der Waals surface area contributed by atoms with E-state index < -0.39 is 0 Å². The van der Waals surface area contributed by atoms with Crippen LogP contribution in [0.15, 0.2) is 16.7 Å². The number of aromatic nitrogens is 1. The molecule has 104 valence electrons. The summed E-state index contributed by atoms with van der Waals surface area (Å²) >= 11 is 9.59. The lowest BCUT2D eigenvalue weighted by atomic mass is 10.2. The molecule has 5 heteroatoms. The smallest absolute Gasteiger partial charge is 0.143 e. The van der Waals surface area contributed by atoms with Crippen LogP contribution < -0.4 is 10.2 Å². The van der Waals surface area contributed by atoms with Gasteiger partial charge in [0.2, 0.25) is 0 Å². The van der Waals surface area contributed by atoms with E-state index in [1.165, 1.54) is 25.7 Å². The second kappa shape index (κ2) is 5.98. The zero-order chi connectivity index (χ0) is 13.2. The summed E-state index contributed by atoms with van der Waals surface area (Å²) < 4.78 is 0.999. The number of nitrogens with one attached hydrogen (secondary N) is 1. The van der Waals surface area contributed by atoms with Crippen LogP contribution in [0.2, 0.25) is 5.02 Å². The van der Waals surface area contributed by atoms with Crippen LogP contribution in [0.3, 0.4) is 0 Å². The van der Waals surface area contributed by atoms with Gasteiger partial charge in [-0.3, -0.25) is 0 Å². The summed E-state index contributed by atoms with van der Waals surface area (Å²) in [4.78, 5) is 6.94. The molecule has 1 N–H and O–H groups in total. The monoisotopic (exact) mass is 343 g/mol. The van der Waals surface area contributed by atoms with Crippen molar-refractivity contribution in [1.29, 1.82) is 0 Å². The van der Waals surface area contributed by atoms with Crippen LogP contribution >= 0.6 is 27.5 Å². The Morgan fingerprint density at radius 2 is 2.21 bits per heavy atom. The van der Waals surface area contributed by atoms with Crippen molar-refractivity contribution in [3.8, 4) is 0 Å². The molecule has 2 heterocycles. The molecule has 2 aliphatic rings. The highest BCUT2D eigenvalue weighted by Gasteiger charge is 2.28. The molecule has 1 atom stereocenters. The standard InChI is InChI=1S/C14H19BrClN3/c15-13-6-11(16)7-18-14(13)19(8-10-3-4-10)9-12-2-1-5-17-12/h6-7,10,12,17H,1-5,8-9H2. The summed E-state index contributed by atoms with van der Waals surface area (Å²) in [7, 11) is 0. The Morgan fingerprint density at radius 3 is 2.84 bits per heavy atom.